The summed E-state index contributed by atoms with van der Waals surface area (Å²) in [6.07, 6.45) is 1.72. The van der Waals surface area contributed by atoms with Crippen molar-refractivity contribution in [3.63, 3.8) is 0 Å². The molecule has 0 spiro atoms. The van der Waals surface area contributed by atoms with Gasteiger partial charge < -0.3 is 9.88 Å². The highest BCUT2D eigenvalue weighted by molar-refractivity contribution is 6.11. The quantitative estimate of drug-likeness (QED) is 0.248. The third-order valence-corrected chi connectivity index (χ3v) is 5.42. The molecule has 3 amide bonds. The summed E-state index contributed by atoms with van der Waals surface area (Å²) < 4.78 is 1.92. The molecule has 9 nitrogen and oxygen atoms in total. The lowest BCUT2D eigenvalue weighted by Crippen LogP contribution is -2.41. The van der Waals surface area contributed by atoms with E-state index in [-0.39, 0.29) is 11.5 Å². The van der Waals surface area contributed by atoms with E-state index in [1.807, 2.05) is 11.5 Å². The van der Waals surface area contributed by atoms with Crippen LogP contribution in [0, 0.1) is 24.0 Å². The summed E-state index contributed by atoms with van der Waals surface area (Å²) in [7, 11) is 0. The van der Waals surface area contributed by atoms with Gasteiger partial charge in [-0.1, -0.05) is 6.08 Å². The summed E-state index contributed by atoms with van der Waals surface area (Å²) in [5.74, 6) is -0.940. The largest absolute Gasteiger partial charge is 0.345 e. The average Bonchev–Trinajstić information content (AvgIpc) is 3.11. The highest BCUT2D eigenvalue weighted by Crippen LogP contribution is 2.30. The van der Waals surface area contributed by atoms with Crippen molar-refractivity contribution in [1.29, 1.82) is 0 Å². The van der Waals surface area contributed by atoms with E-state index in [0.29, 0.717) is 17.7 Å². The summed E-state index contributed by atoms with van der Waals surface area (Å²) in [5.41, 5.74) is 0.920. The number of nitro benzene ring substituents is 1. The van der Waals surface area contributed by atoms with Gasteiger partial charge in [-0.2, -0.15) is 0 Å². The van der Waals surface area contributed by atoms with Gasteiger partial charge in [-0.15, -0.1) is 6.58 Å². The van der Waals surface area contributed by atoms with Crippen LogP contribution >= 0.6 is 0 Å². The van der Waals surface area contributed by atoms with Crippen LogP contribution < -0.4 is 5.32 Å². The zero-order valence-electron chi connectivity index (χ0n) is 17.0. The monoisotopic (exact) mass is 410 g/mol. The first-order chi connectivity index (χ1) is 14.1. The fourth-order valence-corrected chi connectivity index (χ4v) is 3.67. The lowest BCUT2D eigenvalue weighted by Gasteiger charge is -2.22. The molecule has 1 saturated heterocycles. The second kappa shape index (κ2) is 7.58. The predicted molar refractivity (Wildman–Crippen MR) is 109 cm³/mol. The number of ketones is 1. The molecular formula is C21H22N4O5. The van der Waals surface area contributed by atoms with Crippen LogP contribution in [0.15, 0.2) is 43.0 Å². The van der Waals surface area contributed by atoms with Crippen molar-refractivity contribution in [2.45, 2.75) is 32.9 Å². The molecule has 1 aromatic heterocycles. The molecule has 9 heteroatoms. The molecule has 1 N–H and O–H groups in total. The molecule has 0 saturated carbocycles. The molecule has 1 aliphatic heterocycles. The number of aromatic nitrogens is 1. The van der Waals surface area contributed by atoms with Crippen LogP contribution in [0.2, 0.25) is 0 Å². The minimum Gasteiger partial charge on any atom is -0.345 e. The van der Waals surface area contributed by atoms with E-state index in [4.69, 9.17) is 0 Å². The number of benzene rings is 1. The minimum absolute atomic E-state index is 0.124. The predicted octanol–water partition coefficient (Wildman–Crippen LogP) is 2.85. The maximum atomic E-state index is 13.0. The highest BCUT2D eigenvalue weighted by atomic mass is 16.6. The first-order valence-electron chi connectivity index (χ1n) is 9.30. The van der Waals surface area contributed by atoms with Crippen LogP contribution in [0.5, 0.6) is 0 Å². The van der Waals surface area contributed by atoms with Gasteiger partial charge in [0.15, 0.2) is 5.78 Å². The second-order valence-corrected chi connectivity index (χ2v) is 7.36. The topological polar surface area (TPSA) is 115 Å². The second-order valence-electron chi connectivity index (χ2n) is 7.36. The van der Waals surface area contributed by atoms with E-state index >= 15 is 0 Å². The van der Waals surface area contributed by atoms with Gasteiger partial charge in [0.05, 0.1) is 11.5 Å². The molecule has 1 fully saturated rings. The fourth-order valence-electron chi connectivity index (χ4n) is 3.67. The molecule has 1 atom stereocenters. The van der Waals surface area contributed by atoms with Crippen LogP contribution in [-0.4, -0.2) is 38.7 Å². The van der Waals surface area contributed by atoms with Gasteiger partial charge in [-0.3, -0.25) is 24.6 Å². The maximum absolute atomic E-state index is 13.0. The number of amides is 3. The van der Waals surface area contributed by atoms with Gasteiger partial charge in [0.2, 0.25) is 0 Å². The van der Waals surface area contributed by atoms with E-state index in [1.165, 1.54) is 31.2 Å². The van der Waals surface area contributed by atoms with Gasteiger partial charge in [0.1, 0.15) is 5.54 Å². The van der Waals surface area contributed by atoms with Crippen molar-refractivity contribution >= 4 is 23.4 Å². The maximum Gasteiger partial charge on any atom is 0.325 e. The van der Waals surface area contributed by atoms with E-state index in [2.05, 4.69) is 11.9 Å². The number of nitrogens with zero attached hydrogens (tertiary/aromatic N) is 3. The number of Topliss-reactive ketones (excluding diaryl/α,β-unsaturated/α-hetero) is 1. The van der Waals surface area contributed by atoms with Crippen molar-refractivity contribution in [1.82, 2.24) is 14.8 Å². The Kier molecular flexibility index (Phi) is 5.30. The number of aryl methyl sites for hydroxylation is 1. The summed E-state index contributed by atoms with van der Waals surface area (Å²) in [5, 5.41) is 13.4. The zero-order valence-corrected chi connectivity index (χ0v) is 17.0. The standard InChI is InChI=1S/C21H22N4O5/c1-5-10-23-13(2)11-17(14(23)3)18(26)12-24-19(27)21(4,22-20(24)28)15-6-8-16(9-7-15)25(29)30/h5-9,11H,1,10,12H2,2-4H3,(H,22,28)/t21-/m0/s1. The molecule has 0 bridgehead atoms. The van der Waals surface area contributed by atoms with Gasteiger partial charge in [0, 0.05) is 35.6 Å². The Morgan fingerprint density at radius 2 is 1.90 bits per heavy atom. The fraction of sp³-hybridized carbons (Fsp3) is 0.286. The lowest BCUT2D eigenvalue weighted by molar-refractivity contribution is -0.384. The highest BCUT2D eigenvalue weighted by Gasteiger charge is 2.49. The Balaban J connectivity index is 1.84. The molecule has 0 unspecified atom stereocenters. The molecular weight excluding hydrogens is 388 g/mol. The molecule has 156 valence electrons. The lowest BCUT2D eigenvalue weighted by atomic mass is 9.92. The summed E-state index contributed by atoms with van der Waals surface area (Å²) in [6.45, 7) is 9.04. The Morgan fingerprint density at radius 1 is 1.27 bits per heavy atom. The van der Waals surface area contributed by atoms with Crippen LogP contribution in [0.25, 0.3) is 0 Å². The number of non-ortho nitro benzene ring substituents is 1. The minimum atomic E-state index is -1.41. The number of allylic oxidation sites excluding steroid dienone is 1. The first kappa shape index (κ1) is 21.0. The number of urea groups is 1. The molecule has 2 heterocycles. The third kappa shape index (κ3) is 3.38. The average molecular weight is 410 g/mol. The van der Waals surface area contributed by atoms with Crippen molar-refractivity contribution in [3.8, 4) is 0 Å². The smallest absolute Gasteiger partial charge is 0.325 e. The molecule has 1 aromatic carbocycles. The van der Waals surface area contributed by atoms with Gasteiger partial charge >= 0.3 is 6.03 Å². The normalized spacial score (nSPS) is 18.4. The molecule has 1 aliphatic rings. The Hall–Kier alpha value is -3.75. The molecule has 3 rings (SSSR count). The first-order valence-corrected chi connectivity index (χ1v) is 9.30. The van der Waals surface area contributed by atoms with Crippen molar-refractivity contribution in [3.05, 3.63) is 75.6 Å². The summed E-state index contributed by atoms with van der Waals surface area (Å²) in [4.78, 5) is 49.6. The number of rotatable bonds is 7. The Morgan fingerprint density at radius 3 is 2.47 bits per heavy atom. The van der Waals surface area contributed by atoms with Crippen molar-refractivity contribution in [2.75, 3.05) is 6.54 Å². The van der Waals surface area contributed by atoms with Crippen LogP contribution in [0.1, 0.15) is 34.2 Å². The molecule has 0 radical (unpaired) electrons. The SMILES string of the molecule is C=CCn1c(C)cc(C(=O)CN2C(=O)N[C@@](C)(c3ccc([N+](=O)[O-])cc3)C2=O)c1C. The Bertz CT molecular complexity index is 1070. The van der Waals surface area contributed by atoms with Gasteiger partial charge in [0.25, 0.3) is 11.6 Å². The number of carbonyl (C=O) groups is 3. The number of imide groups is 1. The Labute approximate surface area is 173 Å². The van der Waals surface area contributed by atoms with Crippen LogP contribution in [0.3, 0.4) is 0 Å². The van der Waals surface area contributed by atoms with Crippen LogP contribution in [-0.2, 0) is 16.9 Å². The number of hydrogen-bond acceptors (Lipinski definition) is 5. The van der Waals surface area contributed by atoms with E-state index < -0.39 is 28.9 Å². The third-order valence-electron chi connectivity index (χ3n) is 5.42. The molecule has 0 aliphatic carbocycles. The number of carbonyl (C=O) groups excluding carboxylic acids is 3. The molecule has 2 aromatic rings. The number of nitro groups is 1. The van der Waals surface area contributed by atoms with E-state index in [1.54, 1.807) is 19.1 Å². The van der Waals surface area contributed by atoms with Gasteiger partial charge in [-0.25, -0.2) is 4.79 Å². The van der Waals surface area contributed by atoms with E-state index in [0.717, 1.165) is 16.3 Å². The van der Waals surface area contributed by atoms with Crippen LogP contribution in [0.4, 0.5) is 10.5 Å². The molecule has 30 heavy (non-hydrogen) atoms. The van der Waals surface area contributed by atoms with Crippen molar-refractivity contribution in [2.24, 2.45) is 0 Å². The zero-order chi connectivity index (χ0) is 22.2. The van der Waals surface area contributed by atoms with Gasteiger partial charge in [-0.05, 0) is 44.5 Å². The summed E-state index contributed by atoms with van der Waals surface area (Å²) in [6, 6.07) is 6.42. The van der Waals surface area contributed by atoms with E-state index in [9.17, 15) is 24.5 Å². The van der Waals surface area contributed by atoms with Crippen molar-refractivity contribution < 1.29 is 19.3 Å². The number of hydrogen-bond donors (Lipinski definition) is 1. The number of nitrogens with one attached hydrogen (secondary N) is 1. The summed E-state index contributed by atoms with van der Waals surface area (Å²) >= 11 is 0.